The van der Waals surface area contributed by atoms with Gasteiger partial charge in [-0.1, -0.05) is 6.92 Å². The Labute approximate surface area is 95.5 Å². The highest BCUT2D eigenvalue weighted by atomic mass is 32.1. The quantitative estimate of drug-likeness (QED) is 0.843. The molecule has 0 bridgehead atoms. The number of aromatic nitrogens is 1. The fraction of sp³-hybridized carbons (Fsp3) is 0.727. The number of rotatable bonds is 4. The van der Waals surface area contributed by atoms with E-state index >= 15 is 0 Å². The predicted molar refractivity (Wildman–Crippen MR) is 64.0 cm³/mol. The average molecular weight is 225 g/mol. The summed E-state index contributed by atoms with van der Waals surface area (Å²) in [7, 11) is 2.19. The standard InChI is InChI=1S/C11H19N3S/c1-11(3-4-12-8-11)9-14(2)7-10-13-5-6-15-10/h5-6,12H,3-4,7-9H2,1-2H3. The van der Waals surface area contributed by atoms with Gasteiger partial charge in [0.05, 0.1) is 6.54 Å². The van der Waals surface area contributed by atoms with Crippen molar-refractivity contribution in [1.29, 1.82) is 0 Å². The molecule has 2 rings (SSSR count). The molecule has 0 aliphatic carbocycles. The van der Waals surface area contributed by atoms with Crippen molar-refractivity contribution in [3.63, 3.8) is 0 Å². The number of nitrogens with zero attached hydrogens (tertiary/aromatic N) is 2. The highest BCUT2D eigenvalue weighted by Crippen LogP contribution is 2.25. The Morgan fingerprint density at radius 2 is 2.53 bits per heavy atom. The number of hydrogen-bond donors (Lipinski definition) is 1. The third kappa shape index (κ3) is 3.00. The lowest BCUT2D eigenvalue weighted by atomic mass is 9.89. The van der Waals surface area contributed by atoms with Gasteiger partial charge in [-0.05, 0) is 25.4 Å². The zero-order chi connectivity index (χ0) is 10.7. The fourth-order valence-electron chi connectivity index (χ4n) is 2.27. The van der Waals surface area contributed by atoms with Crippen molar-refractivity contribution < 1.29 is 0 Å². The van der Waals surface area contributed by atoms with Crippen LogP contribution in [0.25, 0.3) is 0 Å². The van der Waals surface area contributed by atoms with Crippen molar-refractivity contribution in [3.05, 3.63) is 16.6 Å². The molecular weight excluding hydrogens is 206 g/mol. The zero-order valence-corrected chi connectivity index (χ0v) is 10.3. The Kier molecular flexibility index (Phi) is 3.38. The van der Waals surface area contributed by atoms with Crippen molar-refractivity contribution in [1.82, 2.24) is 15.2 Å². The molecule has 1 aromatic rings. The first-order valence-electron chi connectivity index (χ1n) is 5.46. The van der Waals surface area contributed by atoms with Crippen molar-refractivity contribution in [2.75, 3.05) is 26.7 Å². The van der Waals surface area contributed by atoms with Gasteiger partial charge in [0.25, 0.3) is 0 Å². The lowest BCUT2D eigenvalue weighted by molar-refractivity contribution is 0.203. The molecule has 1 fully saturated rings. The summed E-state index contributed by atoms with van der Waals surface area (Å²) < 4.78 is 0. The highest BCUT2D eigenvalue weighted by molar-refractivity contribution is 7.09. The van der Waals surface area contributed by atoms with Crippen LogP contribution in [0.4, 0.5) is 0 Å². The molecule has 15 heavy (non-hydrogen) atoms. The molecule has 3 nitrogen and oxygen atoms in total. The normalized spacial score (nSPS) is 26.3. The molecule has 0 saturated carbocycles. The minimum absolute atomic E-state index is 0.450. The lowest BCUT2D eigenvalue weighted by Crippen LogP contribution is -2.34. The Balaban J connectivity index is 1.84. The Morgan fingerprint density at radius 3 is 3.13 bits per heavy atom. The molecule has 1 aliphatic rings. The first-order valence-corrected chi connectivity index (χ1v) is 6.34. The summed E-state index contributed by atoms with van der Waals surface area (Å²) in [5, 5.41) is 6.70. The lowest BCUT2D eigenvalue weighted by Gasteiger charge is -2.28. The van der Waals surface area contributed by atoms with E-state index in [1.807, 2.05) is 11.6 Å². The Bertz CT molecular complexity index is 291. The summed E-state index contributed by atoms with van der Waals surface area (Å²) in [6.45, 7) is 6.81. The molecule has 0 aromatic carbocycles. The summed E-state index contributed by atoms with van der Waals surface area (Å²) in [5.41, 5.74) is 0.450. The minimum Gasteiger partial charge on any atom is -0.316 e. The van der Waals surface area contributed by atoms with E-state index in [4.69, 9.17) is 0 Å². The van der Waals surface area contributed by atoms with Crippen LogP contribution < -0.4 is 5.32 Å². The molecule has 4 heteroatoms. The molecule has 1 aliphatic heterocycles. The maximum absolute atomic E-state index is 4.31. The van der Waals surface area contributed by atoms with E-state index < -0.39 is 0 Å². The van der Waals surface area contributed by atoms with Crippen molar-refractivity contribution >= 4 is 11.3 Å². The van der Waals surface area contributed by atoms with Crippen LogP contribution in [0.5, 0.6) is 0 Å². The maximum atomic E-state index is 4.31. The summed E-state index contributed by atoms with van der Waals surface area (Å²) in [6, 6.07) is 0. The molecule has 0 amide bonds. The summed E-state index contributed by atoms with van der Waals surface area (Å²) in [5.74, 6) is 0. The van der Waals surface area contributed by atoms with Gasteiger partial charge in [0.15, 0.2) is 0 Å². The van der Waals surface area contributed by atoms with Crippen LogP contribution in [0, 0.1) is 5.41 Å². The topological polar surface area (TPSA) is 28.2 Å². The first-order chi connectivity index (χ1) is 7.18. The Morgan fingerprint density at radius 1 is 1.67 bits per heavy atom. The van der Waals surface area contributed by atoms with Crippen molar-refractivity contribution in [3.8, 4) is 0 Å². The molecule has 1 N–H and O–H groups in total. The predicted octanol–water partition coefficient (Wildman–Crippen LogP) is 1.57. The van der Waals surface area contributed by atoms with Gasteiger partial charge in [0, 0.05) is 24.7 Å². The molecule has 1 saturated heterocycles. The monoisotopic (exact) mass is 225 g/mol. The zero-order valence-electron chi connectivity index (χ0n) is 9.49. The van der Waals surface area contributed by atoms with Crippen LogP contribution in [0.1, 0.15) is 18.4 Å². The number of nitrogens with one attached hydrogen (secondary N) is 1. The maximum Gasteiger partial charge on any atom is 0.107 e. The molecular formula is C11H19N3S. The van der Waals surface area contributed by atoms with E-state index in [0.717, 1.165) is 19.6 Å². The average Bonchev–Trinajstić information content (AvgIpc) is 2.76. The molecule has 1 unspecified atom stereocenters. The van der Waals surface area contributed by atoms with Crippen LogP contribution in [-0.2, 0) is 6.54 Å². The van der Waals surface area contributed by atoms with Crippen LogP contribution in [0.2, 0.25) is 0 Å². The van der Waals surface area contributed by atoms with Crippen molar-refractivity contribution in [2.24, 2.45) is 5.41 Å². The molecule has 0 spiro atoms. The fourth-order valence-corrected chi connectivity index (χ4v) is 2.97. The smallest absolute Gasteiger partial charge is 0.107 e. The van der Waals surface area contributed by atoms with Gasteiger partial charge in [-0.25, -0.2) is 4.98 Å². The van der Waals surface area contributed by atoms with Crippen LogP contribution in [0.15, 0.2) is 11.6 Å². The molecule has 1 aromatic heterocycles. The molecule has 2 heterocycles. The Hall–Kier alpha value is -0.450. The number of thiazole rings is 1. The molecule has 0 radical (unpaired) electrons. The van der Waals surface area contributed by atoms with E-state index in [1.165, 1.54) is 18.0 Å². The minimum atomic E-state index is 0.450. The second kappa shape index (κ2) is 4.60. The third-order valence-electron chi connectivity index (χ3n) is 3.00. The second-order valence-electron chi connectivity index (χ2n) is 4.84. The highest BCUT2D eigenvalue weighted by Gasteiger charge is 2.29. The summed E-state index contributed by atoms with van der Waals surface area (Å²) in [4.78, 5) is 6.70. The van der Waals surface area contributed by atoms with E-state index in [1.54, 1.807) is 11.3 Å². The van der Waals surface area contributed by atoms with Crippen LogP contribution >= 0.6 is 11.3 Å². The van der Waals surface area contributed by atoms with E-state index in [2.05, 4.69) is 29.2 Å². The van der Waals surface area contributed by atoms with E-state index in [-0.39, 0.29) is 0 Å². The van der Waals surface area contributed by atoms with E-state index in [9.17, 15) is 0 Å². The van der Waals surface area contributed by atoms with Gasteiger partial charge in [-0.2, -0.15) is 0 Å². The van der Waals surface area contributed by atoms with Crippen LogP contribution in [0.3, 0.4) is 0 Å². The largest absolute Gasteiger partial charge is 0.316 e. The van der Waals surface area contributed by atoms with Gasteiger partial charge in [-0.3, -0.25) is 4.90 Å². The molecule has 84 valence electrons. The van der Waals surface area contributed by atoms with Crippen LogP contribution in [-0.4, -0.2) is 36.6 Å². The van der Waals surface area contributed by atoms with Gasteiger partial charge in [0.2, 0.25) is 0 Å². The summed E-state index contributed by atoms with van der Waals surface area (Å²) >= 11 is 1.74. The third-order valence-corrected chi connectivity index (χ3v) is 3.76. The van der Waals surface area contributed by atoms with Gasteiger partial charge in [-0.15, -0.1) is 11.3 Å². The van der Waals surface area contributed by atoms with Gasteiger partial charge in [0.1, 0.15) is 5.01 Å². The van der Waals surface area contributed by atoms with Crippen molar-refractivity contribution in [2.45, 2.75) is 19.9 Å². The SMILES string of the molecule is CN(Cc1nccs1)CC1(C)CCNC1. The number of hydrogen-bond acceptors (Lipinski definition) is 4. The molecule has 1 atom stereocenters. The first kappa shape index (κ1) is 11.0. The summed E-state index contributed by atoms with van der Waals surface area (Å²) in [6.07, 6.45) is 3.17. The van der Waals surface area contributed by atoms with Gasteiger partial charge >= 0.3 is 0 Å². The second-order valence-corrected chi connectivity index (χ2v) is 5.81. The van der Waals surface area contributed by atoms with E-state index in [0.29, 0.717) is 5.41 Å². The van der Waals surface area contributed by atoms with Gasteiger partial charge < -0.3 is 5.32 Å².